The fourth-order valence-corrected chi connectivity index (χ4v) is 1.83. The molecule has 2 aromatic rings. The summed E-state index contributed by atoms with van der Waals surface area (Å²) in [6, 6.07) is 11.7. The summed E-state index contributed by atoms with van der Waals surface area (Å²) in [6.07, 6.45) is 0. The van der Waals surface area contributed by atoms with Gasteiger partial charge in [0.25, 0.3) is 5.91 Å². The SMILES string of the molecule is N#Cc1ccc(NC(=O)c2ccc(F)c(Cl)c2)cc1C#N. The first kappa shape index (κ1) is 14.5. The number of amides is 1. The van der Waals surface area contributed by atoms with Gasteiger partial charge in [-0.3, -0.25) is 4.79 Å². The fraction of sp³-hybridized carbons (Fsp3) is 0. The van der Waals surface area contributed by atoms with Gasteiger partial charge in [0.15, 0.2) is 0 Å². The van der Waals surface area contributed by atoms with Crippen LogP contribution in [-0.2, 0) is 0 Å². The smallest absolute Gasteiger partial charge is 0.255 e. The number of benzene rings is 2. The minimum absolute atomic E-state index is 0.153. The molecule has 0 aromatic heterocycles. The molecule has 1 N–H and O–H groups in total. The number of rotatable bonds is 2. The van der Waals surface area contributed by atoms with Crippen LogP contribution in [0.1, 0.15) is 21.5 Å². The van der Waals surface area contributed by atoms with Crippen LogP contribution in [0, 0.1) is 28.5 Å². The van der Waals surface area contributed by atoms with Gasteiger partial charge >= 0.3 is 0 Å². The highest BCUT2D eigenvalue weighted by Crippen LogP contribution is 2.19. The van der Waals surface area contributed by atoms with E-state index in [2.05, 4.69) is 5.32 Å². The van der Waals surface area contributed by atoms with Crippen molar-refractivity contribution in [2.45, 2.75) is 0 Å². The molecule has 0 heterocycles. The second kappa shape index (κ2) is 6.04. The molecule has 21 heavy (non-hydrogen) atoms. The highest BCUT2D eigenvalue weighted by molar-refractivity contribution is 6.31. The molecule has 0 saturated heterocycles. The van der Waals surface area contributed by atoms with Gasteiger partial charge in [-0.05, 0) is 36.4 Å². The zero-order valence-corrected chi connectivity index (χ0v) is 11.3. The molecule has 0 bridgehead atoms. The molecule has 0 aliphatic carbocycles. The van der Waals surface area contributed by atoms with E-state index in [0.29, 0.717) is 5.69 Å². The van der Waals surface area contributed by atoms with Gasteiger partial charge in [-0.2, -0.15) is 10.5 Å². The first-order valence-electron chi connectivity index (χ1n) is 5.76. The number of nitrogens with one attached hydrogen (secondary N) is 1. The zero-order valence-electron chi connectivity index (χ0n) is 10.5. The van der Waals surface area contributed by atoms with E-state index in [4.69, 9.17) is 22.1 Å². The standard InChI is InChI=1S/C15H7ClFN3O/c16-13-6-9(2-4-14(13)17)15(21)20-12-3-1-10(7-18)11(5-12)8-19/h1-6H,(H,20,21). The van der Waals surface area contributed by atoms with E-state index in [0.717, 1.165) is 6.07 Å². The number of nitriles is 2. The molecule has 0 fully saturated rings. The Kier molecular flexibility index (Phi) is 4.18. The number of hydrogen-bond acceptors (Lipinski definition) is 3. The summed E-state index contributed by atoms with van der Waals surface area (Å²) in [5.74, 6) is -1.11. The second-order valence-electron chi connectivity index (χ2n) is 4.07. The molecule has 0 aliphatic rings. The quantitative estimate of drug-likeness (QED) is 0.922. The lowest BCUT2D eigenvalue weighted by atomic mass is 10.1. The predicted octanol–water partition coefficient (Wildman–Crippen LogP) is 3.47. The Balaban J connectivity index is 2.26. The Morgan fingerprint density at radius 2 is 1.81 bits per heavy atom. The van der Waals surface area contributed by atoms with Crippen LogP contribution in [0.5, 0.6) is 0 Å². The van der Waals surface area contributed by atoms with Gasteiger partial charge in [0, 0.05) is 11.3 Å². The summed E-state index contributed by atoms with van der Waals surface area (Å²) >= 11 is 5.61. The van der Waals surface area contributed by atoms with Crippen molar-refractivity contribution in [3.8, 4) is 12.1 Å². The molecule has 0 aliphatic heterocycles. The number of anilines is 1. The van der Waals surface area contributed by atoms with Crippen molar-refractivity contribution in [1.29, 1.82) is 10.5 Å². The molecule has 2 rings (SSSR count). The predicted molar refractivity (Wildman–Crippen MR) is 75.2 cm³/mol. The minimum Gasteiger partial charge on any atom is -0.322 e. The van der Waals surface area contributed by atoms with E-state index in [1.54, 1.807) is 0 Å². The third kappa shape index (κ3) is 3.17. The third-order valence-electron chi connectivity index (χ3n) is 2.70. The lowest BCUT2D eigenvalue weighted by molar-refractivity contribution is 0.102. The maximum atomic E-state index is 13.0. The monoisotopic (exact) mass is 299 g/mol. The lowest BCUT2D eigenvalue weighted by Crippen LogP contribution is -2.12. The summed E-state index contributed by atoms with van der Waals surface area (Å²) < 4.78 is 13.0. The molecule has 1 amide bonds. The van der Waals surface area contributed by atoms with Gasteiger partial charge in [-0.25, -0.2) is 4.39 Å². The Labute approximate surface area is 125 Å². The zero-order chi connectivity index (χ0) is 15.4. The molecular weight excluding hydrogens is 293 g/mol. The van der Waals surface area contributed by atoms with Crippen LogP contribution >= 0.6 is 11.6 Å². The van der Waals surface area contributed by atoms with Crippen molar-refractivity contribution in [2.24, 2.45) is 0 Å². The van der Waals surface area contributed by atoms with Crippen LogP contribution in [0.4, 0.5) is 10.1 Å². The molecule has 0 unspecified atom stereocenters. The second-order valence-corrected chi connectivity index (χ2v) is 4.47. The van der Waals surface area contributed by atoms with Gasteiger partial charge in [-0.1, -0.05) is 11.6 Å². The minimum atomic E-state index is -0.613. The number of nitrogens with zero attached hydrogens (tertiary/aromatic N) is 2. The molecule has 0 radical (unpaired) electrons. The van der Waals surface area contributed by atoms with Crippen molar-refractivity contribution in [2.75, 3.05) is 5.32 Å². The van der Waals surface area contributed by atoms with E-state index >= 15 is 0 Å². The third-order valence-corrected chi connectivity index (χ3v) is 2.99. The first-order chi connectivity index (χ1) is 10.0. The maximum Gasteiger partial charge on any atom is 0.255 e. The van der Waals surface area contributed by atoms with Crippen LogP contribution in [0.25, 0.3) is 0 Å². The van der Waals surface area contributed by atoms with Crippen molar-refractivity contribution in [1.82, 2.24) is 0 Å². The largest absolute Gasteiger partial charge is 0.322 e. The highest BCUT2D eigenvalue weighted by Gasteiger charge is 2.10. The molecule has 0 spiro atoms. The molecule has 2 aromatic carbocycles. The van der Waals surface area contributed by atoms with Crippen LogP contribution in [0.2, 0.25) is 5.02 Å². The molecule has 4 nitrogen and oxygen atoms in total. The van der Waals surface area contributed by atoms with Gasteiger partial charge < -0.3 is 5.32 Å². The van der Waals surface area contributed by atoms with Crippen molar-refractivity contribution in [3.05, 3.63) is 63.9 Å². The summed E-state index contributed by atoms with van der Waals surface area (Å²) in [5.41, 5.74) is 0.924. The summed E-state index contributed by atoms with van der Waals surface area (Å²) in [5, 5.41) is 20.1. The Hall–Kier alpha value is -2.89. The number of carbonyl (C=O) groups is 1. The van der Waals surface area contributed by atoms with Gasteiger partial charge in [0.2, 0.25) is 0 Å². The van der Waals surface area contributed by atoms with Gasteiger partial charge in [0.1, 0.15) is 18.0 Å². The van der Waals surface area contributed by atoms with E-state index in [9.17, 15) is 9.18 Å². The summed E-state index contributed by atoms with van der Waals surface area (Å²) in [7, 11) is 0. The fourth-order valence-electron chi connectivity index (χ4n) is 1.65. The van der Waals surface area contributed by atoms with Crippen molar-refractivity contribution in [3.63, 3.8) is 0 Å². The molecular formula is C15H7ClFN3O. The average molecular weight is 300 g/mol. The molecule has 0 saturated carbocycles. The summed E-state index contributed by atoms with van der Waals surface area (Å²) in [4.78, 5) is 12.0. The Morgan fingerprint density at radius 1 is 1.10 bits per heavy atom. The van der Waals surface area contributed by atoms with Gasteiger partial charge in [-0.15, -0.1) is 0 Å². The number of halogens is 2. The van der Waals surface area contributed by atoms with Crippen molar-refractivity contribution < 1.29 is 9.18 Å². The van der Waals surface area contributed by atoms with Gasteiger partial charge in [0.05, 0.1) is 16.1 Å². The molecule has 0 atom stereocenters. The van der Waals surface area contributed by atoms with Crippen LogP contribution in [0.3, 0.4) is 0 Å². The molecule has 102 valence electrons. The first-order valence-corrected chi connectivity index (χ1v) is 6.13. The maximum absolute atomic E-state index is 13.0. The van der Waals surface area contributed by atoms with E-state index in [1.807, 2.05) is 12.1 Å². The lowest BCUT2D eigenvalue weighted by Gasteiger charge is -2.06. The number of carbonyl (C=O) groups excluding carboxylic acids is 1. The van der Waals surface area contributed by atoms with E-state index in [-0.39, 0.29) is 21.7 Å². The molecule has 6 heteroatoms. The topological polar surface area (TPSA) is 76.7 Å². The van der Waals surface area contributed by atoms with E-state index < -0.39 is 11.7 Å². The van der Waals surface area contributed by atoms with Crippen molar-refractivity contribution >= 4 is 23.2 Å². The average Bonchev–Trinajstić information content (AvgIpc) is 2.49. The summed E-state index contributed by atoms with van der Waals surface area (Å²) in [6.45, 7) is 0. The Bertz CT molecular complexity index is 806. The van der Waals surface area contributed by atoms with Crippen LogP contribution in [-0.4, -0.2) is 5.91 Å². The Morgan fingerprint density at radius 3 is 2.43 bits per heavy atom. The van der Waals surface area contributed by atoms with Crippen LogP contribution < -0.4 is 5.32 Å². The van der Waals surface area contributed by atoms with Crippen LogP contribution in [0.15, 0.2) is 36.4 Å². The normalized spacial score (nSPS) is 9.52. The van der Waals surface area contributed by atoms with E-state index in [1.165, 1.54) is 30.3 Å². The highest BCUT2D eigenvalue weighted by atomic mass is 35.5. The number of hydrogen-bond donors (Lipinski definition) is 1.